The Labute approximate surface area is 120 Å². The molecule has 1 heterocycles. The van der Waals surface area contributed by atoms with Gasteiger partial charge in [0.25, 0.3) is 0 Å². The Morgan fingerprint density at radius 3 is 2.42 bits per heavy atom. The van der Waals surface area contributed by atoms with Gasteiger partial charge in [-0.15, -0.1) is 12.4 Å². The summed E-state index contributed by atoms with van der Waals surface area (Å²) in [4.78, 5) is 25.1. The predicted molar refractivity (Wildman–Crippen MR) is 73.0 cm³/mol. The van der Waals surface area contributed by atoms with Crippen LogP contribution in [0.1, 0.15) is 19.8 Å². The maximum atomic E-state index is 12.3. The van der Waals surface area contributed by atoms with Gasteiger partial charge in [0.05, 0.1) is 18.6 Å². The van der Waals surface area contributed by atoms with Crippen LogP contribution in [0.2, 0.25) is 0 Å². The smallest absolute Gasteiger partial charge is 0.310 e. The molecule has 112 valence electrons. The van der Waals surface area contributed by atoms with Gasteiger partial charge in [-0.05, 0) is 12.8 Å². The Kier molecular flexibility index (Phi) is 7.33. The van der Waals surface area contributed by atoms with Crippen LogP contribution in [-0.4, -0.2) is 56.2 Å². The summed E-state index contributed by atoms with van der Waals surface area (Å²) >= 11 is 0. The van der Waals surface area contributed by atoms with Gasteiger partial charge in [0.2, 0.25) is 5.91 Å². The zero-order chi connectivity index (χ0) is 13.8. The monoisotopic (exact) mass is 294 g/mol. The molecular formula is C12H23ClN2O4. The summed E-state index contributed by atoms with van der Waals surface area (Å²) in [5, 5.41) is 0. The first-order valence-electron chi connectivity index (χ1n) is 6.11. The van der Waals surface area contributed by atoms with E-state index >= 15 is 0 Å². The van der Waals surface area contributed by atoms with Crippen molar-refractivity contribution in [1.29, 1.82) is 0 Å². The Morgan fingerprint density at radius 1 is 1.42 bits per heavy atom. The zero-order valence-corrected chi connectivity index (χ0v) is 12.5. The van der Waals surface area contributed by atoms with Crippen molar-refractivity contribution in [3.05, 3.63) is 0 Å². The lowest BCUT2D eigenvalue weighted by molar-refractivity contribution is -0.147. The fourth-order valence-corrected chi connectivity index (χ4v) is 2.10. The van der Waals surface area contributed by atoms with Gasteiger partial charge < -0.3 is 20.1 Å². The van der Waals surface area contributed by atoms with Crippen molar-refractivity contribution in [2.75, 3.05) is 33.9 Å². The van der Waals surface area contributed by atoms with E-state index in [0.29, 0.717) is 32.6 Å². The molecule has 1 aliphatic heterocycles. The van der Waals surface area contributed by atoms with Gasteiger partial charge in [-0.2, -0.15) is 0 Å². The number of esters is 1. The van der Waals surface area contributed by atoms with Crippen LogP contribution in [0, 0.1) is 5.92 Å². The molecule has 6 nitrogen and oxygen atoms in total. The van der Waals surface area contributed by atoms with E-state index in [9.17, 15) is 9.59 Å². The molecule has 0 aromatic rings. The highest BCUT2D eigenvalue weighted by molar-refractivity contribution is 5.86. The largest absolute Gasteiger partial charge is 0.469 e. The third-order valence-corrected chi connectivity index (χ3v) is 3.31. The van der Waals surface area contributed by atoms with Gasteiger partial charge >= 0.3 is 5.97 Å². The summed E-state index contributed by atoms with van der Waals surface area (Å²) in [6, 6.07) is 0. The van der Waals surface area contributed by atoms with E-state index in [-0.39, 0.29) is 30.2 Å². The van der Waals surface area contributed by atoms with Crippen LogP contribution < -0.4 is 5.73 Å². The number of nitrogens with zero attached hydrogens (tertiary/aromatic N) is 1. The highest BCUT2D eigenvalue weighted by atomic mass is 35.5. The number of likely N-dealkylation sites (N-methyl/N-ethyl adjacent to an activating group) is 1. The summed E-state index contributed by atoms with van der Waals surface area (Å²) in [5.74, 6) is -0.818. The lowest BCUT2D eigenvalue weighted by Gasteiger charge is -2.35. The second-order valence-electron chi connectivity index (χ2n) is 4.88. The fourth-order valence-electron chi connectivity index (χ4n) is 2.10. The molecule has 1 fully saturated rings. The minimum Gasteiger partial charge on any atom is -0.469 e. The highest BCUT2D eigenvalue weighted by Gasteiger charge is 2.38. The van der Waals surface area contributed by atoms with Crippen LogP contribution in [0.3, 0.4) is 0 Å². The van der Waals surface area contributed by atoms with Crippen molar-refractivity contribution in [3.8, 4) is 0 Å². The average molecular weight is 295 g/mol. The normalized spacial score (nSPS) is 18.9. The van der Waals surface area contributed by atoms with Crippen molar-refractivity contribution < 1.29 is 19.1 Å². The number of carbonyl (C=O) groups excluding carboxylic acids is 2. The summed E-state index contributed by atoms with van der Waals surface area (Å²) in [6.45, 7) is 3.04. The Bertz CT molecular complexity index is 319. The lowest BCUT2D eigenvalue weighted by Crippen LogP contribution is -2.57. The number of methoxy groups -OCH3 is 1. The van der Waals surface area contributed by atoms with Gasteiger partial charge in [-0.25, -0.2) is 0 Å². The van der Waals surface area contributed by atoms with Crippen LogP contribution in [0.15, 0.2) is 0 Å². The number of halogens is 1. The number of ether oxygens (including phenoxy) is 2. The summed E-state index contributed by atoms with van der Waals surface area (Å²) < 4.78 is 9.84. The molecule has 1 saturated heterocycles. The molecule has 1 amide bonds. The number of nitrogens with two attached hydrogens (primary N) is 1. The molecule has 0 aliphatic carbocycles. The minimum atomic E-state index is -0.858. The topological polar surface area (TPSA) is 81.9 Å². The van der Waals surface area contributed by atoms with E-state index < -0.39 is 5.54 Å². The Balaban J connectivity index is 0.00000324. The van der Waals surface area contributed by atoms with E-state index in [1.54, 1.807) is 14.0 Å². The van der Waals surface area contributed by atoms with Crippen molar-refractivity contribution in [1.82, 2.24) is 4.90 Å². The summed E-state index contributed by atoms with van der Waals surface area (Å²) in [6.07, 6.45) is 1.03. The number of hydrogen-bond donors (Lipinski definition) is 1. The molecule has 19 heavy (non-hydrogen) atoms. The molecule has 0 spiro atoms. The molecule has 0 aromatic carbocycles. The Hall–Kier alpha value is -0.850. The maximum Gasteiger partial charge on any atom is 0.310 e. The van der Waals surface area contributed by atoms with E-state index in [1.807, 2.05) is 0 Å². The molecule has 0 bridgehead atoms. The highest BCUT2D eigenvalue weighted by Crippen LogP contribution is 2.20. The molecule has 2 N–H and O–H groups in total. The van der Waals surface area contributed by atoms with E-state index in [1.165, 1.54) is 12.0 Å². The van der Waals surface area contributed by atoms with Crippen molar-refractivity contribution in [3.63, 3.8) is 0 Å². The molecule has 0 saturated carbocycles. The van der Waals surface area contributed by atoms with Crippen molar-refractivity contribution in [2.45, 2.75) is 25.3 Å². The third-order valence-electron chi connectivity index (χ3n) is 3.31. The molecule has 1 atom stereocenters. The first-order valence-corrected chi connectivity index (χ1v) is 6.11. The fraction of sp³-hybridized carbons (Fsp3) is 0.833. The number of rotatable bonds is 4. The molecule has 1 rings (SSSR count). The van der Waals surface area contributed by atoms with Gasteiger partial charge in [0.1, 0.15) is 0 Å². The number of amides is 1. The summed E-state index contributed by atoms with van der Waals surface area (Å²) in [7, 11) is 3.00. The van der Waals surface area contributed by atoms with Crippen LogP contribution >= 0.6 is 12.4 Å². The first kappa shape index (κ1) is 18.1. The molecule has 1 aliphatic rings. The Morgan fingerprint density at radius 2 is 1.95 bits per heavy atom. The second-order valence-corrected chi connectivity index (χ2v) is 4.88. The molecule has 7 heteroatoms. The lowest BCUT2D eigenvalue weighted by atomic mass is 9.89. The van der Waals surface area contributed by atoms with Crippen LogP contribution in [0.4, 0.5) is 0 Å². The minimum absolute atomic E-state index is 0. The molecule has 0 aromatic heterocycles. The van der Waals surface area contributed by atoms with E-state index in [0.717, 1.165) is 0 Å². The summed E-state index contributed by atoms with van der Waals surface area (Å²) in [5.41, 5.74) is 5.24. The molecule has 0 radical (unpaired) electrons. The van der Waals surface area contributed by atoms with Gasteiger partial charge in [0.15, 0.2) is 0 Å². The van der Waals surface area contributed by atoms with Crippen molar-refractivity contribution >= 4 is 24.3 Å². The van der Waals surface area contributed by atoms with Gasteiger partial charge in [-0.1, -0.05) is 6.92 Å². The standard InChI is InChI=1S/C12H22N2O4.ClH/c1-9(10(15)17-3)8-14(2)11(16)12(13)4-6-18-7-5-12;/h9H,4-8,13H2,1-3H3;1H. The number of carbonyl (C=O) groups is 2. The maximum absolute atomic E-state index is 12.3. The zero-order valence-electron chi connectivity index (χ0n) is 11.7. The van der Waals surface area contributed by atoms with Gasteiger partial charge in [0, 0.05) is 26.8 Å². The van der Waals surface area contributed by atoms with Crippen LogP contribution in [-0.2, 0) is 19.1 Å². The quantitative estimate of drug-likeness (QED) is 0.748. The SMILES string of the molecule is COC(=O)C(C)CN(C)C(=O)C1(N)CCOCC1.Cl. The number of hydrogen-bond acceptors (Lipinski definition) is 5. The second kappa shape index (κ2) is 7.67. The molecule has 1 unspecified atom stereocenters. The molecular weight excluding hydrogens is 272 g/mol. The van der Waals surface area contributed by atoms with Gasteiger partial charge in [-0.3, -0.25) is 9.59 Å². The van der Waals surface area contributed by atoms with Crippen molar-refractivity contribution in [2.24, 2.45) is 11.7 Å². The first-order chi connectivity index (χ1) is 8.40. The van der Waals surface area contributed by atoms with E-state index in [2.05, 4.69) is 4.74 Å². The van der Waals surface area contributed by atoms with Crippen LogP contribution in [0.25, 0.3) is 0 Å². The third kappa shape index (κ3) is 4.63. The average Bonchev–Trinajstić information content (AvgIpc) is 2.37. The van der Waals surface area contributed by atoms with Crippen LogP contribution in [0.5, 0.6) is 0 Å². The van der Waals surface area contributed by atoms with E-state index in [4.69, 9.17) is 10.5 Å². The predicted octanol–water partition coefficient (Wildman–Crippen LogP) is 0.184.